The Balaban J connectivity index is 2.36. The number of rotatable bonds is 1. The van der Waals surface area contributed by atoms with Crippen LogP contribution in [0.5, 0.6) is 5.75 Å². The van der Waals surface area contributed by atoms with E-state index in [1.807, 2.05) is 0 Å². The topological polar surface area (TPSA) is 37.0 Å². The minimum atomic E-state index is 0.949. The van der Waals surface area contributed by atoms with Crippen LogP contribution in [0.1, 0.15) is 22.4 Å². The number of ether oxygens (including phenoxy) is 1. The molecule has 2 heterocycles. The smallest absolute Gasteiger partial charge is 0.125 e. The van der Waals surface area contributed by atoms with Crippen molar-refractivity contribution in [3.05, 3.63) is 28.5 Å². The van der Waals surface area contributed by atoms with Crippen LogP contribution in [0.25, 0.3) is 10.9 Å². The molecule has 1 aromatic heterocycles. The third-order valence-corrected chi connectivity index (χ3v) is 3.71. The molecular formula is C14H18N2O. The lowest BCUT2D eigenvalue weighted by Gasteiger charge is -2.14. The number of aromatic amines is 1. The van der Waals surface area contributed by atoms with Crippen molar-refractivity contribution in [1.82, 2.24) is 10.3 Å². The van der Waals surface area contributed by atoms with E-state index in [1.165, 1.54) is 33.3 Å². The summed E-state index contributed by atoms with van der Waals surface area (Å²) in [5.74, 6) is 1.03. The van der Waals surface area contributed by atoms with Crippen molar-refractivity contribution >= 4 is 10.9 Å². The molecule has 3 rings (SSSR count). The number of methoxy groups -OCH3 is 1. The highest BCUT2D eigenvalue weighted by Crippen LogP contribution is 2.35. The van der Waals surface area contributed by atoms with E-state index in [-0.39, 0.29) is 0 Å². The highest BCUT2D eigenvalue weighted by molar-refractivity contribution is 5.91. The van der Waals surface area contributed by atoms with Gasteiger partial charge < -0.3 is 15.0 Å². The van der Waals surface area contributed by atoms with E-state index in [2.05, 4.69) is 30.2 Å². The van der Waals surface area contributed by atoms with E-state index >= 15 is 0 Å². The number of nitrogens with one attached hydrogen (secondary N) is 2. The summed E-state index contributed by atoms with van der Waals surface area (Å²) in [7, 11) is 1.75. The summed E-state index contributed by atoms with van der Waals surface area (Å²) in [6.07, 6.45) is 1.10. The first kappa shape index (κ1) is 10.7. The van der Waals surface area contributed by atoms with Crippen LogP contribution in [-0.4, -0.2) is 18.6 Å². The van der Waals surface area contributed by atoms with Crippen LogP contribution in [0, 0.1) is 13.8 Å². The Morgan fingerprint density at radius 2 is 2.12 bits per heavy atom. The van der Waals surface area contributed by atoms with Crippen molar-refractivity contribution in [1.29, 1.82) is 0 Å². The minimum Gasteiger partial charge on any atom is -0.496 e. The highest BCUT2D eigenvalue weighted by Gasteiger charge is 2.19. The quantitative estimate of drug-likeness (QED) is 0.789. The molecule has 3 nitrogen and oxygen atoms in total. The molecule has 0 amide bonds. The minimum absolute atomic E-state index is 0.949. The summed E-state index contributed by atoms with van der Waals surface area (Å²) < 4.78 is 5.51. The fourth-order valence-corrected chi connectivity index (χ4v) is 3.01. The molecule has 1 aliphatic rings. The Kier molecular flexibility index (Phi) is 2.37. The molecule has 2 aromatic rings. The summed E-state index contributed by atoms with van der Waals surface area (Å²) in [6, 6.07) is 2.19. The molecule has 1 aliphatic heterocycles. The largest absolute Gasteiger partial charge is 0.496 e. The van der Waals surface area contributed by atoms with Gasteiger partial charge in [0.25, 0.3) is 0 Å². The van der Waals surface area contributed by atoms with Crippen molar-refractivity contribution in [3.63, 3.8) is 0 Å². The SMILES string of the molecule is COc1c(C)cc2[nH]c3c(c2c1C)CCNC3. The molecule has 17 heavy (non-hydrogen) atoms. The molecule has 3 heteroatoms. The number of fused-ring (bicyclic) bond motifs is 3. The summed E-state index contributed by atoms with van der Waals surface area (Å²) in [5.41, 5.74) is 6.51. The second-order valence-electron chi connectivity index (χ2n) is 4.78. The first-order valence-corrected chi connectivity index (χ1v) is 6.10. The van der Waals surface area contributed by atoms with Gasteiger partial charge in [0.15, 0.2) is 0 Å². The molecule has 0 radical (unpaired) electrons. The monoisotopic (exact) mass is 230 g/mol. The normalized spacial score (nSPS) is 15.0. The summed E-state index contributed by atoms with van der Waals surface area (Å²) in [5, 5.41) is 4.77. The second kappa shape index (κ2) is 3.77. The molecule has 0 saturated carbocycles. The van der Waals surface area contributed by atoms with E-state index in [9.17, 15) is 0 Å². The van der Waals surface area contributed by atoms with E-state index in [0.29, 0.717) is 0 Å². The van der Waals surface area contributed by atoms with Crippen molar-refractivity contribution in [2.75, 3.05) is 13.7 Å². The number of hydrogen-bond acceptors (Lipinski definition) is 2. The lowest BCUT2D eigenvalue weighted by atomic mass is 9.98. The van der Waals surface area contributed by atoms with Crippen LogP contribution in [-0.2, 0) is 13.0 Å². The van der Waals surface area contributed by atoms with Gasteiger partial charge in [-0.25, -0.2) is 0 Å². The van der Waals surface area contributed by atoms with Gasteiger partial charge in [-0.1, -0.05) is 0 Å². The molecule has 90 valence electrons. The van der Waals surface area contributed by atoms with Gasteiger partial charge in [-0.15, -0.1) is 0 Å². The van der Waals surface area contributed by atoms with Crippen molar-refractivity contribution in [3.8, 4) is 5.75 Å². The Hall–Kier alpha value is -1.48. The Morgan fingerprint density at radius 3 is 2.88 bits per heavy atom. The number of aromatic nitrogens is 1. The van der Waals surface area contributed by atoms with Gasteiger partial charge in [0.2, 0.25) is 0 Å². The molecular weight excluding hydrogens is 212 g/mol. The Labute approximate surface area is 101 Å². The van der Waals surface area contributed by atoms with E-state index in [4.69, 9.17) is 4.74 Å². The van der Waals surface area contributed by atoms with Crippen LogP contribution in [0.2, 0.25) is 0 Å². The van der Waals surface area contributed by atoms with Crippen molar-refractivity contribution in [2.45, 2.75) is 26.8 Å². The van der Waals surface area contributed by atoms with Gasteiger partial charge in [-0.2, -0.15) is 0 Å². The van der Waals surface area contributed by atoms with Crippen molar-refractivity contribution in [2.24, 2.45) is 0 Å². The van der Waals surface area contributed by atoms with Crippen LogP contribution in [0.15, 0.2) is 6.07 Å². The average Bonchev–Trinajstić information content (AvgIpc) is 2.67. The standard InChI is InChI=1S/C14H18N2O/c1-8-6-11-13(9(2)14(8)17-3)10-4-5-15-7-12(10)16-11/h6,15-16H,4-5,7H2,1-3H3. The van der Waals surface area contributed by atoms with Crippen LogP contribution in [0.3, 0.4) is 0 Å². The lowest BCUT2D eigenvalue weighted by molar-refractivity contribution is 0.409. The van der Waals surface area contributed by atoms with Gasteiger partial charge in [0.1, 0.15) is 5.75 Å². The second-order valence-corrected chi connectivity index (χ2v) is 4.78. The van der Waals surface area contributed by atoms with E-state index in [0.717, 1.165) is 25.3 Å². The zero-order valence-electron chi connectivity index (χ0n) is 10.6. The number of hydrogen-bond donors (Lipinski definition) is 2. The van der Waals surface area contributed by atoms with Gasteiger partial charge in [-0.3, -0.25) is 0 Å². The fourth-order valence-electron chi connectivity index (χ4n) is 3.01. The average molecular weight is 230 g/mol. The molecule has 0 unspecified atom stereocenters. The summed E-state index contributed by atoms with van der Waals surface area (Å²) in [6.45, 7) is 6.27. The molecule has 0 spiro atoms. The van der Waals surface area contributed by atoms with Crippen LogP contribution >= 0.6 is 0 Å². The van der Waals surface area contributed by atoms with Gasteiger partial charge in [0.05, 0.1) is 7.11 Å². The zero-order chi connectivity index (χ0) is 12.0. The molecule has 2 N–H and O–H groups in total. The molecule has 0 atom stereocenters. The van der Waals surface area contributed by atoms with Crippen LogP contribution < -0.4 is 10.1 Å². The lowest BCUT2D eigenvalue weighted by Crippen LogP contribution is -2.23. The maximum Gasteiger partial charge on any atom is 0.125 e. The number of benzene rings is 1. The predicted octanol–water partition coefficient (Wildman–Crippen LogP) is 2.44. The first-order chi connectivity index (χ1) is 8.22. The maximum atomic E-state index is 5.51. The zero-order valence-corrected chi connectivity index (χ0v) is 10.6. The Morgan fingerprint density at radius 1 is 1.29 bits per heavy atom. The van der Waals surface area contributed by atoms with Crippen molar-refractivity contribution < 1.29 is 4.74 Å². The molecule has 0 aliphatic carbocycles. The molecule has 0 bridgehead atoms. The summed E-state index contributed by atoms with van der Waals surface area (Å²) in [4.78, 5) is 3.53. The predicted molar refractivity (Wildman–Crippen MR) is 69.7 cm³/mol. The summed E-state index contributed by atoms with van der Waals surface area (Å²) >= 11 is 0. The van der Waals surface area contributed by atoms with E-state index < -0.39 is 0 Å². The maximum absolute atomic E-state index is 5.51. The van der Waals surface area contributed by atoms with Gasteiger partial charge >= 0.3 is 0 Å². The Bertz CT molecular complexity index is 584. The molecule has 0 fully saturated rings. The third-order valence-electron chi connectivity index (χ3n) is 3.71. The van der Waals surface area contributed by atoms with Gasteiger partial charge in [-0.05, 0) is 44.0 Å². The van der Waals surface area contributed by atoms with Gasteiger partial charge in [0, 0.05) is 28.7 Å². The van der Waals surface area contributed by atoms with E-state index in [1.54, 1.807) is 7.11 Å². The fraction of sp³-hybridized carbons (Fsp3) is 0.429. The number of H-pyrrole nitrogens is 1. The third kappa shape index (κ3) is 1.46. The molecule has 1 aromatic carbocycles. The number of aryl methyl sites for hydroxylation is 2. The first-order valence-electron chi connectivity index (χ1n) is 6.10. The highest BCUT2D eigenvalue weighted by atomic mass is 16.5. The van der Waals surface area contributed by atoms with Crippen LogP contribution in [0.4, 0.5) is 0 Å². The molecule has 0 saturated heterocycles.